The zero-order valence-electron chi connectivity index (χ0n) is 7.99. The number of rotatable bonds is 6. The van der Waals surface area contributed by atoms with Crippen molar-refractivity contribution in [3.63, 3.8) is 0 Å². The second-order valence-electron chi connectivity index (χ2n) is 2.49. The number of hydrogen-bond donors (Lipinski definition) is 3. The maximum atomic E-state index is 10.8. The molecule has 0 rings (SSSR count). The van der Waals surface area contributed by atoms with Gasteiger partial charge in [-0.3, -0.25) is 0 Å². The number of esters is 1. The van der Waals surface area contributed by atoms with Crippen LogP contribution < -0.4 is 0 Å². The van der Waals surface area contributed by atoms with Gasteiger partial charge in [-0.05, 0) is 6.92 Å². The van der Waals surface area contributed by atoms with E-state index < -0.39 is 31.1 Å². The summed E-state index contributed by atoms with van der Waals surface area (Å²) in [6.07, 6.45) is -1.30. The number of aliphatic hydroxyl groups excluding tert-OH is 1. The van der Waals surface area contributed by atoms with Gasteiger partial charge in [0.25, 0.3) is 0 Å². The largest absolute Gasteiger partial charge is 0.478 e. The van der Waals surface area contributed by atoms with Crippen molar-refractivity contribution in [1.82, 2.24) is 0 Å². The van der Waals surface area contributed by atoms with Crippen LogP contribution in [0.25, 0.3) is 0 Å². The van der Waals surface area contributed by atoms with Crippen LogP contribution in [0.5, 0.6) is 0 Å². The first kappa shape index (κ1) is 13.6. The topological polar surface area (TPSA) is 113 Å². The average molecular weight is 220 g/mol. The number of ether oxygens (including phenoxy) is 2. The van der Waals surface area contributed by atoms with Crippen LogP contribution in [0.4, 0.5) is 0 Å². The van der Waals surface area contributed by atoms with Crippen molar-refractivity contribution in [2.75, 3.05) is 6.61 Å². The minimum Gasteiger partial charge on any atom is -0.478 e. The number of aliphatic carboxylic acids is 1. The van der Waals surface area contributed by atoms with E-state index in [1.54, 1.807) is 0 Å². The molecule has 0 aliphatic rings. The fourth-order valence-electron chi connectivity index (χ4n) is 0.598. The van der Waals surface area contributed by atoms with Crippen LogP contribution in [0.2, 0.25) is 0 Å². The summed E-state index contributed by atoms with van der Waals surface area (Å²) in [5, 5.41) is 25.0. The molecule has 7 heteroatoms. The Morgan fingerprint density at radius 1 is 1.33 bits per heavy atom. The molecule has 0 amide bonds. The number of aliphatic hydroxyl groups is 2. The van der Waals surface area contributed by atoms with Gasteiger partial charge >= 0.3 is 11.9 Å². The summed E-state index contributed by atoms with van der Waals surface area (Å²) < 4.78 is 9.17. The molecular weight excluding hydrogens is 208 g/mol. The first-order valence-corrected chi connectivity index (χ1v) is 4.01. The van der Waals surface area contributed by atoms with Crippen molar-refractivity contribution in [2.24, 2.45) is 0 Å². The molecule has 0 saturated carbocycles. The molecule has 15 heavy (non-hydrogen) atoms. The Labute approximate surface area is 85.5 Å². The third-order valence-corrected chi connectivity index (χ3v) is 1.12. The van der Waals surface area contributed by atoms with Crippen LogP contribution in [-0.4, -0.2) is 46.4 Å². The lowest BCUT2D eigenvalue weighted by molar-refractivity contribution is -0.188. The lowest BCUT2D eigenvalue weighted by Crippen LogP contribution is -2.23. The fourth-order valence-corrected chi connectivity index (χ4v) is 0.598. The molecule has 0 aliphatic carbocycles. The van der Waals surface area contributed by atoms with Crippen LogP contribution in [0.3, 0.4) is 0 Å². The zero-order valence-corrected chi connectivity index (χ0v) is 7.99. The highest BCUT2D eigenvalue weighted by molar-refractivity contribution is 5.90. The number of carboxylic acid groups (broad SMARTS) is 1. The van der Waals surface area contributed by atoms with Gasteiger partial charge in [0.1, 0.15) is 6.61 Å². The Kier molecular flexibility index (Phi) is 6.27. The molecule has 0 spiro atoms. The number of carboxylic acids is 1. The van der Waals surface area contributed by atoms with Crippen molar-refractivity contribution in [3.8, 4) is 0 Å². The average Bonchev–Trinajstić information content (AvgIpc) is 2.11. The Hall–Kier alpha value is -1.44. The summed E-state index contributed by atoms with van der Waals surface area (Å²) in [6, 6.07) is 0. The van der Waals surface area contributed by atoms with E-state index in [-0.39, 0.29) is 0 Å². The third kappa shape index (κ3) is 8.88. The van der Waals surface area contributed by atoms with E-state index in [9.17, 15) is 9.59 Å². The lowest BCUT2D eigenvalue weighted by Gasteiger charge is -2.13. The number of hydrogen-bond acceptors (Lipinski definition) is 6. The van der Waals surface area contributed by atoms with E-state index >= 15 is 0 Å². The maximum absolute atomic E-state index is 10.8. The molecule has 0 aromatic carbocycles. The van der Waals surface area contributed by atoms with E-state index in [4.69, 9.17) is 15.3 Å². The first-order chi connectivity index (χ1) is 6.91. The van der Waals surface area contributed by atoms with E-state index in [1.165, 1.54) is 6.92 Å². The second-order valence-corrected chi connectivity index (χ2v) is 2.49. The van der Waals surface area contributed by atoms with Gasteiger partial charge in [-0.2, -0.15) is 0 Å². The van der Waals surface area contributed by atoms with Gasteiger partial charge < -0.3 is 24.8 Å². The van der Waals surface area contributed by atoms with Crippen LogP contribution in [0.15, 0.2) is 12.2 Å². The standard InChI is InChI=1S/C8H12O7/c1-5(14-4-7(11)12)15-8(13)3-2-6(9)10/h2-3,5,7,11-12H,4H2,1H3,(H,9,10). The van der Waals surface area contributed by atoms with Crippen LogP contribution in [0, 0.1) is 0 Å². The van der Waals surface area contributed by atoms with E-state index in [0.29, 0.717) is 6.08 Å². The normalized spacial score (nSPS) is 13.1. The number of carbonyl (C=O) groups is 2. The summed E-state index contributed by atoms with van der Waals surface area (Å²) in [5.41, 5.74) is 0. The molecular formula is C8H12O7. The summed E-state index contributed by atoms with van der Waals surface area (Å²) in [5.74, 6) is -2.16. The van der Waals surface area contributed by atoms with Gasteiger partial charge in [-0.25, -0.2) is 9.59 Å². The minimum absolute atomic E-state index is 0.406. The molecule has 0 aromatic rings. The Balaban J connectivity index is 3.81. The minimum atomic E-state index is -1.65. The second kappa shape index (κ2) is 6.93. The van der Waals surface area contributed by atoms with Crippen LogP contribution in [-0.2, 0) is 19.1 Å². The molecule has 0 saturated heterocycles. The quantitative estimate of drug-likeness (QED) is 0.294. The summed E-state index contributed by atoms with van der Waals surface area (Å²) >= 11 is 0. The lowest BCUT2D eigenvalue weighted by atomic mass is 10.5. The van der Waals surface area contributed by atoms with Crippen molar-refractivity contribution in [2.45, 2.75) is 19.5 Å². The van der Waals surface area contributed by atoms with Crippen molar-refractivity contribution >= 4 is 11.9 Å². The van der Waals surface area contributed by atoms with Gasteiger partial charge in [-0.15, -0.1) is 0 Å². The van der Waals surface area contributed by atoms with Gasteiger partial charge in [0.05, 0.1) is 0 Å². The van der Waals surface area contributed by atoms with Crippen LogP contribution in [0.1, 0.15) is 6.92 Å². The summed E-state index contributed by atoms with van der Waals surface area (Å²) in [6.45, 7) is 0.950. The third-order valence-electron chi connectivity index (χ3n) is 1.12. The molecule has 0 aliphatic heterocycles. The van der Waals surface area contributed by atoms with Crippen molar-refractivity contribution < 1.29 is 34.4 Å². The zero-order chi connectivity index (χ0) is 11.8. The van der Waals surface area contributed by atoms with Gasteiger partial charge in [0, 0.05) is 12.2 Å². The molecule has 86 valence electrons. The Bertz CT molecular complexity index is 245. The smallest absolute Gasteiger partial charge is 0.333 e. The highest BCUT2D eigenvalue weighted by atomic mass is 16.7. The molecule has 0 radical (unpaired) electrons. The molecule has 1 unspecified atom stereocenters. The SMILES string of the molecule is CC(OCC(O)O)OC(=O)C=CC(=O)O. The highest BCUT2D eigenvalue weighted by Gasteiger charge is 2.08. The monoisotopic (exact) mass is 220 g/mol. The molecule has 3 N–H and O–H groups in total. The Morgan fingerprint density at radius 3 is 2.40 bits per heavy atom. The van der Waals surface area contributed by atoms with Crippen LogP contribution >= 0.6 is 0 Å². The van der Waals surface area contributed by atoms with E-state index in [2.05, 4.69) is 9.47 Å². The molecule has 0 aromatic heterocycles. The molecule has 0 bridgehead atoms. The van der Waals surface area contributed by atoms with Crippen molar-refractivity contribution in [3.05, 3.63) is 12.2 Å². The van der Waals surface area contributed by atoms with Gasteiger partial charge in [0.15, 0.2) is 6.29 Å². The van der Waals surface area contributed by atoms with E-state index in [0.717, 1.165) is 6.08 Å². The fraction of sp³-hybridized carbons (Fsp3) is 0.500. The summed E-state index contributed by atoms with van der Waals surface area (Å²) in [7, 11) is 0. The van der Waals surface area contributed by atoms with Gasteiger partial charge in [-0.1, -0.05) is 0 Å². The molecule has 7 nitrogen and oxygen atoms in total. The predicted molar refractivity (Wildman–Crippen MR) is 46.5 cm³/mol. The van der Waals surface area contributed by atoms with E-state index in [1.807, 2.05) is 0 Å². The molecule has 0 heterocycles. The van der Waals surface area contributed by atoms with Crippen molar-refractivity contribution in [1.29, 1.82) is 0 Å². The first-order valence-electron chi connectivity index (χ1n) is 4.01. The maximum Gasteiger partial charge on any atom is 0.333 e. The Morgan fingerprint density at radius 2 is 1.93 bits per heavy atom. The van der Waals surface area contributed by atoms with Gasteiger partial charge in [0.2, 0.25) is 6.29 Å². The highest BCUT2D eigenvalue weighted by Crippen LogP contribution is 1.96. The predicted octanol–water partition coefficient (Wildman–Crippen LogP) is -1.16. The summed E-state index contributed by atoms with van der Waals surface area (Å²) in [4.78, 5) is 20.8. The molecule has 1 atom stereocenters. The number of carbonyl (C=O) groups excluding carboxylic acids is 1. The molecule has 0 fully saturated rings.